The van der Waals surface area contributed by atoms with Gasteiger partial charge in [-0.15, -0.1) is 0 Å². The quantitative estimate of drug-likeness (QED) is 0.902. The first-order valence-electron chi connectivity index (χ1n) is 8.52. The minimum Gasteiger partial charge on any atom is -0.388 e. The number of nitrogens with zero attached hydrogens (tertiary/aromatic N) is 2. The molecule has 0 aliphatic carbocycles. The Morgan fingerprint density at radius 3 is 2.57 bits per heavy atom. The van der Waals surface area contributed by atoms with Crippen molar-refractivity contribution in [1.29, 1.82) is 0 Å². The lowest BCUT2D eigenvalue weighted by molar-refractivity contribution is 0.138. The van der Waals surface area contributed by atoms with Crippen molar-refractivity contribution in [1.82, 2.24) is 9.80 Å². The summed E-state index contributed by atoms with van der Waals surface area (Å²) >= 11 is 0. The van der Waals surface area contributed by atoms with Crippen LogP contribution in [-0.2, 0) is 0 Å². The fourth-order valence-corrected chi connectivity index (χ4v) is 3.74. The molecule has 2 saturated heterocycles. The Labute approximate surface area is 128 Å². The highest BCUT2D eigenvalue weighted by Gasteiger charge is 2.28. The molecule has 0 aromatic heterocycles. The Morgan fingerprint density at radius 1 is 1.05 bits per heavy atom. The van der Waals surface area contributed by atoms with Gasteiger partial charge < -0.3 is 10.0 Å². The lowest BCUT2D eigenvalue weighted by atomic mass is 10.1. The normalized spacial score (nSPS) is 26.0. The fourth-order valence-electron chi connectivity index (χ4n) is 3.74. The van der Waals surface area contributed by atoms with Gasteiger partial charge in [0.1, 0.15) is 0 Å². The Balaban J connectivity index is 1.42. The molecule has 3 rings (SSSR count). The molecular weight excluding hydrogens is 260 g/mol. The van der Waals surface area contributed by atoms with E-state index in [4.69, 9.17) is 0 Å². The van der Waals surface area contributed by atoms with Gasteiger partial charge in [0, 0.05) is 19.1 Å². The van der Waals surface area contributed by atoms with Gasteiger partial charge in [0.2, 0.25) is 0 Å². The van der Waals surface area contributed by atoms with Crippen molar-refractivity contribution in [2.75, 3.05) is 32.7 Å². The lowest BCUT2D eigenvalue weighted by Gasteiger charge is -2.32. The van der Waals surface area contributed by atoms with E-state index < -0.39 is 0 Å². The highest BCUT2D eigenvalue weighted by molar-refractivity contribution is 5.17. The van der Waals surface area contributed by atoms with Crippen LogP contribution in [-0.4, -0.2) is 53.7 Å². The van der Waals surface area contributed by atoms with Gasteiger partial charge in [-0.05, 0) is 50.9 Å². The summed E-state index contributed by atoms with van der Waals surface area (Å²) in [6, 6.07) is 10.8. The molecule has 2 fully saturated rings. The third kappa shape index (κ3) is 4.06. The van der Waals surface area contributed by atoms with Crippen LogP contribution in [0, 0.1) is 0 Å². The van der Waals surface area contributed by atoms with Crippen LogP contribution in [0.5, 0.6) is 0 Å². The maximum absolute atomic E-state index is 10.3. The summed E-state index contributed by atoms with van der Waals surface area (Å²) in [5.41, 5.74) is 1.05. The van der Waals surface area contributed by atoms with Gasteiger partial charge in [-0.3, -0.25) is 4.90 Å². The van der Waals surface area contributed by atoms with E-state index in [2.05, 4.69) is 9.80 Å². The zero-order valence-corrected chi connectivity index (χ0v) is 13.0. The topological polar surface area (TPSA) is 26.7 Å². The van der Waals surface area contributed by atoms with Crippen molar-refractivity contribution in [3.8, 4) is 0 Å². The molecular formula is C18H28N2O. The van der Waals surface area contributed by atoms with Gasteiger partial charge in [-0.25, -0.2) is 0 Å². The molecule has 2 aliphatic heterocycles. The van der Waals surface area contributed by atoms with E-state index in [1.54, 1.807) is 0 Å². The Hall–Kier alpha value is -0.900. The largest absolute Gasteiger partial charge is 0.388 e. The molecule has 2 heterocycles. The highest BCUT2D eigenvalue weighted by Crippen LogP contribution is 2.22. The molecule has 2 unspecified atom stereocenters. The number of hydrogen-bond donors (Lipinski definition) is 1. The van der Waals surface area contributed by atoms with Crippen LogP contribution in [0.15, 0.2) is 30.3 Å². The standard InChI is InChI=1S/C18H28N2O/c21-18(16-7-3-1-4-8-16)10-14-19-13-9-17(15-19)20-11-5-2-6-12-20/h1,3-4,7-8,17-18,21H,2,5-6,9-15H2. The van der Waals surface area contributed by atoms with Gasteiger partial charge in [0.05, 0.1) is 6.10 Å². The number of hydrogen-bond acceptors (Lipinski definition) is 3. The highest BCUT2D eigenvalue weighted by atomic mass is 16.3. The minimum atomic E-state index is -0.319. The second-order valence-corrected chi connectivity index (χ2v) is 6.55. The summed E-state index contributed by atoms with van der Waals surface area (Å²) in [7, 11) is 0. The minimum absolute atomic E-state index is 0.319. The number of aliphatic hydroxyl groups is 1. The molecule has 21 heavy (non-hydrogen) atoms. The van der Waals surface area contributed by atoms with E-state index in [9.17, 15) is 5.11 Å². The van der Waals surface area contributed by atoms with Crippen LogP contribution in [0.2, 0.25) is 0 Å². The molecule has 116 valence electrons. The van der Waals surface area contributed by atoms with Gasteiger partial charge in [0.15, 0.2) is 0 Å². The van der Waals surface area contributed by atoms with E-state index in [1.165, 1.54) is 51.9 Å². The van der Waals surface area contributed by atoms with E-state index in [1.807, 2.05) is 30.3 Å². The van der Waals surface area contributed by atoms with Crippen molar-refractivity contribution >= 4 is 0 Å². The van der Waals surface area contributed by atoms with Gasteiger partial charge in [-0.1, -0.05) is 36.8 Å². The molecule has 0 saturated carbocycles. The van der Waals surface area contributed by atoms with Crippen molar-refractivity contribution in [2.45, 2.75) is 44.2 Å². The number of aliphatic hydroxyl groups excluding tert-OH is 1. The summed E-state index contributed by atoms with van der Waals surface area (Å²) in [6.07, 6.45) is 6.00. The van der Waals surface area contributed by atoms with Gasteiger partial charge in [0.25, 0.3) is 0 Å². The molecule has 1 N–H and O–H groups in total. The summed E-state index contributed by atoms with van der Waals surface area (Å²) < 4.78 is 0. The van der Waals surface area contributed by atoms with Crippen LogP contribution < -0.4 is 0 Å². The summed E-state index contributed by atoms with van der Waals surface area (Å²) in [5, 5.41) is 10.3. The summed E-state index contributed by atoms with van der Waals surface area (Å²) in [4.78, 5) is 5.22. The molecule has 2 atom stereocenters. The number of benzene rings is 1. The molecule has 3 heteroatoms. The molecule has 0 radical (unpaired) electrons. The Bertz CT molecular complexity index is 416. The third-order valence-corrected chi connectivity index (χ3v) is 5.06. The number of rotatable bonds is 5. The van der Waals surface area contributed by atoms with Crippen molar-refractivity contribution in [3.63, 3.8) is 0 Å². The average molecular weight is 288 g/mol. The van der Waals surface area contributed by atoms with Crippen molar-refractivity contribution < 1.29 is 5.11 Å². The molecule has 0 bridgehead atoms. The predicted octanol–water partition coefficient (Wildman–Crippen LogP) is 2.67. The Morgan fingerprint density at radius 2 is 1.81 bits per heavy atom. The maximum Gasteiger partial charge on any atom is 0.0802 e. The molecule has 3 nitrogen and oxygen atoms in total. The summed E-state index contributed by atoms with van der Waals surface area (Å²) in [5.74, 6) is 0. The smallest absolute Gasteiger partial charge is 0.0802 e. The monoisotopic (exact) mass is 288 g/mol. The second-order valence-electron chi connectivity index (χ2n) is 6.55. The molecule has 1 aromatic rings. The predicted molar refractivity (Wildman–Crippen MR) is 86.3 cm³/mol. The van der Waals surface area contributed by atoms with Gasteiger partial charge in [-0.2, -0.15) is 0 Å². The fraction of sp³-hybridized carbons (Fsp3) is 0.667. The van der Waals surface area contributed by atoms with Crippen LogP contribution >= 0.6 is 0 Å². The SMILES string of the molecule is OC(CCN1CCC(N2CCCCC2)C1)c1ccccc1. The first-order valence-corrected chi connectivity index (χ1v) is 8.52. The first kappa shape index (κ1) is 15.0. The van der Waals surface area contributed by atoms with Crippen LogP contribution in [0.4, 0.5) is 0 Å². The maximum atomic E-state index is 10.3. The van der Waals surface area contributed by atoms with Crippen LogP contribution in [0.3, 0.4) is 0 Å². The zero-order valence-electron chi connectivity index (χ0n) is 13.0. The van der Waals surface area contributed by atoms with Crippen molar-refractivity contribution in [2.24, 2.45) is 0 Å². The van der Waals surface area contributed by atoms with Crippen molar-refractivity contribution in [3.05, 3.63) is 35.9 Å². The van der Waals surface area contributed by atoms with Crippen LogP contribution in [0.25, 0.3) is 0 Å². The van der Waals surface area contributed by atoms with E-state index in [-0.39, 0.29) is 6.10 Å². The average Bonchev–Trinajstić information content (AvgIpc) is 3.03. The van der Waals surface area contributed by atoms with E-state index >= 15 is 0 Å². The lowest BCUT2D eigenvalue weighted by Crippen LogP contribution is -2.41. The first-order chi connectivity index (χ1) is 10.3. The van der Waals surface area contributed by atoms with E-state index in [0.717, 1.165) is 24.6 Å². The third-order valence-electron chi connectivity index (χ3n) is 5.06. The Kier molecular flexibility index (Phi) is 5.28. The van der Waals surface area contributed by atoms with Gasteiger partial charge >= 0.3 is 0 Å². The number of likely N-dealkylation sites (tertiary alicyclic amines) is 2. The molecule has 0 spiro atoms. The summed E-state index contributed by atoms with van der Waals surface area (Å²) in [6.45, 7) is 6.00. The number of piperidine rings is 1. The van der Waals surface area contributed by atoms with E-state index in [0.29, 0.717) is 0 Å². The zero-order chi connectivity index (χ0) is 14.5. The molecule has 1 aromatic carbocycles. The second kappa shape index (κ2) is 7.39. The molecule has 0 amide bonds. The molecule has 2 aliphatic rings. The van der Waals surface area contributed by atoms with Crippen LogP contribution in [0.1, 0.15) is 43.8 Å².